The molecule has 0 spiro atoms. The number of rotatable bonds is 1. The molecule has 3 heteroatoms. The van der Waals surface area contributed by atoms with Gasteiger partial charge in [0.2, 0.25) is 5.91 Å². The molecule has 1 N–H and O–H groups in total. The zero-order valence-corrected chi connectivity index (χ0v) is 7.34. The molecular formula is C9H14N2O. The molecule has 1 rings (SSSR count). The molecule has 1 heterocycles. The highest BCUT2D eigenvalue weighted by atomic mass is 16.2. The first kappa shape index (κ1) is 9.08. The van der Waals surface area contributed by atoms with Crippen LogP contribution in [0.5, 0.6) is 0 Å². The molecule has 1 saturated heterocycles. The monoisotopic (exact) mass is 166 g/mol. The lowest BCUT2D eigenvalue weighted by Gasteiger charge is -2.33. The summed E-state index contributed by atoms with van der Waals surface area (Å²) in [6, 6.07) is 0.277. The van der Waals surface area contributed by atoms with Crippen LogP contribution in [0.3, 0.4) is 0 Å². The molecule has 66 valence electrons. The summed E-state index contributed by atoms with van der Waals surface area (Å²) in [5.41, 5.74) is 0. The molecule has 3 nitrogen and oxygen atoms in total. The van der Waals surface area contributed by atoms with Crippen LogP contribution < -0.4 is 5.32 Å². The van der Waals surface area contributed by atoms with Gasteiger partial charge in [-0.1, -0.05) is 5.92 Å². The number of piperazine rings is 1. The third-order valence-corrected chi connectivity index (χ3v) is 2.07. The first-order chi connectivity index (χ1) is 5.75. The van der Waals surface area contributed by atoms with Crippen molar-refractivity contribution in [1.29, 1.82) is 0 Å². The molecule has 0 radical (unpaired) electrons. The fraction of sp³-hybridized carbons (Fsp3) is 0.667. The quantitative estimate of drug-likeness (QED) is 0.548. The molecular weight excluding hydrogens is 152 g/mol. The molecule has 0 saturated carbocycles. The number of nitrogens with one attached hydrogen (secondary N) is 1. The lowest BCUT2D eigenvalue weighted by molar-refractivity contribution is -0.132. The first-order valence-corrected chi connectivity index (χ1v) is 4.19. The Hall–Kier alpha value is -1.01. The summed E-state index contributed by atoms with van der Waals surface area (Å²) in [7, 11) is 0. The van der Waals surface area contributed by atoms with E-state index in [0.29, 0.717) is 0 Å². The van der Waals surface area contributed by atoms with E-state index in [-0.39, 0.29) is 18.4 Å². The highest BCUT2D eigenvalue weighted by molar-refractivity contribution is 5.79. The average Bonchev–Trinajstić information content (AvgIpc) is 2.05. The Morgan fingerprint density at radius 1 is 1.83 bits per heavy atom. The molecule has 0 aromatic heterocycles. The maximum Gasteiger partial charge on any atom is 0.234 e. The molecule has 1 aliphatic rings. The summed E-state index contributed by atoms with van der Waals surface area (Å²) in [4.78, 5) is 13.2. The number of amides is 1. The van der Waals surface area contributed by atoms with Crippen molar-refractivity contribution >= 4 is 5.91 Å². The van der Waals surface area contributed by atoms with Gasteiger partial charge in [0.1, 0.15) is 0 Å². The number of carbonyl (C=O) groups excluding carboxylic acids is 1. The summed E-state index contributed by atoms with van der Waals surface area (Å²) >= 11 is 0. The minimum absolute atomic E-state index is 0.0755. The highest BCUT2D eigenvalue weighted by Crippen LogP contribution is 2.03. The minimum Gasteiger partial charge on any atom is -0.337 e. The standard InChI is InChI=1S/C9H14N2O/c1-3-4-9(12)11-6-5-10-7-8(11)2/h1,8,10H,4-7H2,2H3. The summed E-state index contributed by atoms with van der Waals surface area (Å²) in [6.07, 6.45) is 5.29. The van der Waals surface area contributed by atoms with Crippen LogP contribution >= 0.6 is 0 Å². The molecule has 1 atom stereocenters. The minimum atomic E-state index is 0.0755. The van der Waals surface area contributed by atoms with Gasteiger partial charge in [-0.25, -0.2) is 0 Å². The molecule has 1 unspecified atom stereocenters. The molecule has 1 amide bonds. The summed E-state index contributed by atoms with van der Waals surface area (Å²) in [5, 5.41) is 3.22. The molecule has 1 aliphatic heterocycles. The molecule has 12 heavy (non-hydrogen) atoms. The Morgan fingerprint density at radius 2 is 2.58 bits per heavy atom. The number of hydrogen-bond donors (Lipinski definition) is 1. The Kier molecular flexibility index (Phi) is 3.12. The normalized spacial score (nSPS) is 23.3. The van der Waals surface area contributed by atoms with E-state index in [2.05, 4.69) is 11.2 Å². The first-order valence-electron chi connectivity index (χ1n) is 4.19. The molecule has 1 fully saturated rings. The van der Waals surface area contributed by atoms with Crippen molar-refractivity contribution in [3.05, 3.63) is 0 Å². The van der Waals surface area contributed by atoms with Gasteiger partial charge in [0.05, 0.1) is 6.42 Å². The van der Waals surface area contributed by atoms with E-state index in [1.807, 2.05) is 11.8 Å². The second kappa shape index (κ2) is 4.13. The molecule has 0 bridgehead atoms. The van der Waals surface area contributed by atoms with Crippen molar-refractivity contribution in [2.45, 2.75) is 19.4 Å². The van der Waals surface area contributed by atoms with Crippen molar-refractivity contribution in [1.82, 2.24) is 10.2 Å². The second-order valence-corrected chi connectivity index (χ2v) is 3.02. The van der Waals surface area contributed by atoms with E-state index < -0.39 is 0 Å². The van der Waals surface area contributed by atoms with E-state index in [1.165, 1.54) is 0 Å². The third kappa shape index (κ3) is 1.99. The maximum absolute atomic E-state index is 11.4. The number of terminal acetylenes is 1. The van der Waals surface area contributed by atoms with Crippen LogP contribution in [0.25, 0.3) is 0 Å². The van der Waals surface area contributed by atoms with Crippen LogP contribution in [0.15, 0.2) is 0 Å². The zero-order valence-electron chi connectivity index (χ0n) is 7.34. The van der Waals surface area contributed by atoms with Gasteiger partial charge in [0.15, 0.2) is 0 Å². The summed E-state index contributed by atoms with van der Waals surface area (Å²) in [6.45, 7) is 4.55. The van der Waals surface area contributed by atoms with E-state index in [0.717, 1.165) is 19.6 Å². The van der Waals surface area contributed by atoms with Gasteiger partial charge in [-0.3, -0.25) is 4.79 Å². The van der Waals surface area contributed by atoms with E-state index in [1.54, 1.807) is 0 Å². The van der Waals surface area contributed by atoms with Gasteiger partial charge < -0.3 is 10.2 Å². The van der Waals surface area contributed by atoms with Gasteiger partial charge in [0, 0.05) is 25.7 Å². The Labute approximate surface area is 73.1 Å². The lowest BCUT2D eigenvalue weighted by Crippen LogP contribution is -2.52. The van der Waals surface area contributed by atoms with Gasteiger partial charge in [-0.2, -0.15) is 0 Å². The largest absolute Gasteiger partial charge is 0.337 e. The summed E-state index contributed by atoms with van der Waals surface area (Å²) < 4.78 is 0. The summed E-state index contributed by atoms with van der Waals surface area (Å²) in [5.74, 6) is 2.45. The highest BCUT2D eigenvalue weighted by Gasteiger charge is 2.21. The zero-order chi connectivity index (χ0) is 8.97. The number of nitrogens with zero attached hydrogens (tertiary/aromatic N) is 1. The molecule has 0 aromatic carbocycles. The fourth-order valence-electron chi connectivity index (χ4n) is 1.40. The van der Waals surface area contributed by atoms with Gasteiger partial charge in [-0.15, -0.1) is 6.42 Å². The van der Waals surface area contributed by atoms with Crippen LogP contribution in [-0.2, 0) is 4.79 Å². The second-order valence-electron chi connectivity index (χ2n) is 3.02. The Balaban J connectivity index is 2.49. The van der Waals surface area contributed by atoms with Gasteiger partial charge in [0.25, 0.3) is 0 Å². The van der Waals surface area contributed by atoms with E-state index >= 15 is 0 Å². The van der Waals surface area contributed by atoms with Gasteiger partial charge in [-0.05, 0) is 6.92 Å². The third-order valence-electron chi connectivity index (χ3n) is 2.07. The van der Waals surface area contributed by atoms with Crippen molar-refractivity contribution in [3.8, 4) is 12.3 Å². The van der Waals surface area contributed by atoms with Crippen molar-refractivity contribution in [2.24, 2.45) is 0 Å². The number of hydrogen-bond acceptors (Lipinski definition) is 2. The lowest BCUT2D eigenvalue weighted by atomic mass is 10.2. The maximum atomic E-state index is 11.4. The van der Waals surface area contributed by atoms with Crippen LogP contribution in [-0.4, -0.2) is 36.5 Å². The molecule has 0 aromatic rings. The fourth-order valence-corrected chi connectivity index (χ4v) is 1.40. The predicted octanol–water partition coefficient (Wildman–Crippen LogP) is -0.170. The van der Waals surface area contributed by atoms with Crippen LogP contribution in [0, 0.1) is 12.3 Å². The van der Waals surface area contributed by atoms with E-state index in [9.17, 15) is 4.79 Å². The molecule has 0 aliphatic carbocycles. The van der Waals surface area contributed by atoms with Crippen molar-refractivity contribution in [3.63, 3.8) is 0 Å². The number of carbonyl (C=O) groups is 1. The van der Waals surface area contributed by atoms with Crippen molar-refractivity contribution in [2.75, 3.05) is 19.6 Å². The Morgan fingerprint density at radius 3 is 3.17 bits per heavy atom. The van der Waals surface area contributed by atoms with Crippen LogP contribution in [0.1, 0.15) is 13.3 Å². The van der Waals surface area contributed by atoms with Gasteiger partial charge >= 0.3 is 0 Å². The Bertz CT molecular complexity index is 207. The van der Waals surface area contributed by atoms with Crippen LogP contribution in [0.4, 0.5) is 0 Å². The van der Waals surface area contributed by atoms with Crippen LogP contribution in [0.2, 0.25) is 0 Å². The predicted molar refractivity (Wildman–Crippen MR) is 47.5 cm³/mol. The SMILES string of the molecule is C#CCC(=O)N1CCNCC1C. The topological polar surface area (TPSA) is 32.3 Å². The smallest absolute Gasteiger partial charge is 0.234 e. The van der Waals surface area contributed by atoms with Crippen molar-refractivity contribution < 1.29 is 4.79 Å². The van der Waals surface area contributed by atoms with E-state index in [4.69, 9.17) is 6.42 Å². The average molecular weight is 166 g/mol.